The molecule has 5 heteroatoms. The number of primary amides is 2. The van der Waals surface area contributed by atoms with Gasteiger partial charge in [0.2, 0.25) is 11.8 Å². The van der Waals surface area contributed by atoms with E-state index in [2.05, 4.69) is 5.32 Å². The molecule has 1 rings (SSSR count). The molecule has 0 aromatic rings. The Kier molecular flexibility index (Phi) is 5.25. The number of hydrogen-bond donors (Lipinski definition) is 3. The zero-order valence-corrected chi connectivity index (χ0v) is 9.58. The van der Waals surface area contributed by atoms with E-state index in [4.69, 9.17) is 11.5 Å². The molecule has 0 radical (unpaired) electrons. The SMILES string of the molecule is NC(=O)CNC(CC1CCCCC1)C(N)=O. The van der Waals surface area contributed by atoms with Gasteiger partial charge in [0.15, 0.2) is 0 Å². The van der Waals surface area contributed by atoms with E-state index in [1.165, 1.54) is 19.3 Å². The molecular formula is C11H21N3O2. The van der Waals surface area contributed by atoms with Crippen LogP contribution in [0.3, 0.4) is 0 Å². The van der Waals surface area contributed by atoms with E-state index in [1.807, 2.05) is 0 Å². The van der Waals surface area contributed by atoms with Gasteiger partial charge < -0.3 is 11.5 Å². The Morgan fingerprint density at radius 1 is 1.19 bits per heavy atom. The first-order valence-corrected chi connectivity index (χ1v) is 5.90. The lowest BCUT2D eigenvalue weighted by atomic mass is 9.84. The highest BCUT2D eigenvalue weighted by Crippen LogP contribution is 2.27. The summed E-state index contributed by atoms with van der Waals surface area (Å²) in [5.41, 5.74) is 10.3. The molecule has 0 saturated heterocycles. The fraction of sp³-hybridized carbons (Fsp3) is 0.818. The Bertz CT molecular complexity index is 250. The van der Waals surface area contributed by atoms with E-state index in [-0.39, 0.29) is 6.54 Å². The third kappa shape index (κ3) is 4.61. The third-order valence-electron chi connectivity index (χ3n) is 3.16. The number of carbonyl (C=O) groups excluding carboxylic acids is 2. The van der Waals surface area contributed by atoms with Crippen LogP contribution < -0.4 is 16.8 Å². The second-order valence-corrected chi connectivity index (χ2v) is 4.54. The van der Waals surface area contributed by atoms with Crippen molar-refractivity contribution in [2.75, 3.05) is 6.54 Å². The first-order valence-electron chi connectivity index (χ1n) is 5.90. The second-order valence-electron chi connectivity index (χ2n) is 4.54. The number of rotatable bonds is 6. The lowest BCUT2D eigenvalue weighted by Crippen LogP contribution is -2.45. The van der Waals surface area contributed by atoms with Crippen molar-refractivity contribution in [1.29, 1.82) is 0 Å². The van der Waals surface area contributed by atoms with E-state index >= 15 is 0 Å². The maximum absolute atomic E-state index is 11.2. The fourth-order valence-electron chi connectivity index (χ4n) is 2.28. The lowest BCUT2D eigenvalue weighted by molar-refractivity contribution is -0.121. The van der Waals surface area contributed by atoms with Gasteiger partial charge in [0, 0.05) is 0 Å². The number of nitrogens with one attached hydrogen (secondary N) is 1. The molecule has 0 spiro atoms. The van der Waals surface area contributed by atoms with Crippen LogP contribution in [-0.4, -0.2) is 24.4 Å². The Morgan fingerprint density at radius 3 is 2.31 bits per heavy atom. The number of hydrogen-bond acceptors (Lipinski definition) is 3. The van der Waals surface area contributed by atoms with E-state index < -0.39 is 17.9 Å². The average Bonchev–Trinajstić information content (AvgIpc) is 2.25. The summed E-state index contributed by atoms with van der Waals surface area (Å²) in [4.78, 5) is 21.8. The predicted octanol–water partition coefficient (Wildman–Crippen LogP) is -0.114. The van der Waals surface area contributed by atoms with Crippen molar-refractivity contribution in [3.8, 4) is 0 Å². The van der Waals surface area contributed by atoms with E-state index in [9.17, 15) is 9.59 Å². The molecule has 0 heterocycles. The minimum Gasteiger partial charge on any atom is -0.369 e. The fourth-order valence-corrected chi connectivity index (χ4v) is 2.28. The summed E-state index contributed by atoms with van der Waals surface area (Å²) in [5, 5.41) is 2.82. The van der Waals surface area contributed by atoms with Crippen LogP contribution in [0.25, 0.3) is 0 Å². The summed E-state index contributed by atoms with van der Waals surface area (Å²) < 4.78 is 0. The van der Waals surface area contributed by atoms with Gasteiger partial charge in [-0.2, -0.15) is 0 Å². The van der Waals surface area contributed by atoms with Crippen molar-refractivity contribution in [1.82, 2.24) is 5.32 Å². The molecule has 0 aliphatic heterocycles. The maximum Gasteiger partial charge on any atom is 0.234 e. The first kappa shape index (κ1) is 13.0. The molecule has 0 aromatic carbocycles. The molecule has 1 unspecified atom stereocenters. The highest BCUT2D eigenvalue weighted by Gasteiger charge is 2.22. The van der Waals surface area contributed by atoms with Crippen LogP contribution in [0.5, 0.6) is 0 Å². The highest BCUT2D eigenvalue weighted by atomic mass is 16.2. The molecule has 0 bridgehead atoms. The molecule has 1 aliphatic carbocycles. The van der Waals surface area contributed by atoms with Crippen LogP contribution in [0.2, 0.25) is 0 Å². The summed E-state index contributed by atoms with van der Waals surface area (Å²) in [6.45, 7) is 0.0142. The van der Waals surface area contributed by atoms with E-state index in [0.717, 1.165) is 19.3 Å². The van der Waals surface area contributed by atoms with Crippen LogP contribution in [0, 0.1) is 5.92 Å². The lowest BCUT2D eigenvalue weighted by Gasteiger charge is -2.25. The normalized spacial score (nSPS) is 19.2. The Balaban J connectivity index is 2.37. The van der Waals surface area contributed by atoms with Crippen molar-refractivity contribution < 1.29 is 9.59 Å². The molecule has 1 atom stereocenters. The molecule has 2 amide bonds. The predicted molar refractivity (Wildman–Crippen MR) is 61.4 cm³/mol. The van der Waals surface area contributed by atoms with Crippen LogP contribution in [0.4, 0.5) is 0 Å². The van der Waals surface area contributed by atoms with Gasteiger partial charge in [0.25, 0.3) is 0 Å². The second kappa shape index (κ2) is 6.48. The van der Waals surface area contributed by atoms with Crippen LogP contribution in [0.15, 0.2) is 0 Å². The van der Waals surface area contributed by atoms with Gasteiger partial charge in [-0.15, -0.1) is 0 Å². The first-order chi connectivity index (χ1) is 7.59. The van der Waals surface area contributed by atoms with Gasteiger partial charge in [-0.1, -0.05) is 32.1 Å². The van der Waals surface area contributed by atoms with Crippen molar-refractivity contribution in [3.05, 3.63) is 0 Å². The molecule has 1 aliphatic rings. The topological polar surface area (TPSA) is 98.2 Å². The van der Waals surface area contributed by atoms with Crippen molar-refractivity contribution in [2.24, 2.45) is 17.4 Å². The standard InChI is InChI=1S/C11H21N3O2/c12-10(15)7-14-9(11(13)16)6-8-4-2-1-3-5-8/h8-9,14H,1-7H2,(H2,12,15)(H2,13,16). The molecular weight excluding hydrogens is 206 g/mol. The average molecular weight is 227 g/mol. The molecule has 16 heavy (non-hydrogen) atoms. The molecule has 1 fully saturated rings. The largest absolute Gasteiger partial charge is 0.369 e. The van der Waals surface area contributed by atoms with Crippen LogP contribution in [0.1, 0.15) is 38.5 Å². The molecule has 0 aromatic heterocycles. The third-order valence-corrected chi connectivity index (χ3v) is 3.16. The smallest absolute Gasteiger partial charge is 0.234 e. The van der Waals surface area contributed by atoms with Crippen molar-refractivity contribution >= 4 is 11.8 Å². The van der Waals surface area contributed by atoms with E-state index in [0.29, 0.717) is 5.92 Å². The molecule has 92 valence electrons. The molecule has 5 nitrogen and oxygen atoms in total. The minimum atomic E-state index is -0.463. The summed E-state index contributed by atoms with van der Waals surface area (Å²) in [6, 6.07) is -0.421. The minimum absolute atomic E-state index is 0.0142. The van der Waals surface area contributed by atoms with Gasteiger partial charge in [-0.25, -0.2) is 0 Å². The monoisotopic (exact) mass is 227 g/mol. The zero-order chi connectivity index (χ0) is 12.0. The Hall–Kier alpha value is -1.10. The summed E-state index contributed by atoms with van der Waals surface area (Å²) in [7, 11) is 0. The van der Waals surface area contributed by atoms with E-state index in [1.54, 1.807) is 0 Å². The van der Waals surface area contributed by atoms with Gasteiger partial charge >= 0.3 is 0 Å². The van der Waals surface area contributed by atoms with Crippen molar-refractivity contribution in [3.63, 3.8) is 0 Å². The molecule has 5 N–H and O–H groups in total. The van der Waals surface area contributed by atoms with Crippen LogP contribution >= 0.6 is 0 Å². The zero-order valence-electron chi connectivity index (χ0n) is 9.58. The maximum atomic E-state index is 11.2. The Labute approximate surface area is 95.9 Å². The number of nitrogens with two attached hydrogens (primary N) is 2. The van der Waals surface area contributed by atoms with Crippen LogP contribution in [-0.2, 0) is 9.59 Å². The number of carbonyl (C=O) groups is 2. The van der Waals surface area contributed by atoms with Crippen molar-refractivity contribution in [2.45, 2.75) is 44.6 Å². The van der Waals surface area contributed by atoms with Gasteiger partial charge in [-0.3, -0.25) is 14.9 Å². The van der Waals surface area contributed by atoms with Gasteiger partial charge in [-0.05, 0) is 12.3 Å². The number of amides is 2. The quantitative estimate of drug-likeness (QED) is 0.590. The molecule has 1 saturated carbocycles. The summed E-state index contributed by atoms with van der Waals surface area (Å²) >= 11 is 0. The Morgan fingerprint density at radius 2 is 1.81 bits per heavy atom. The summed E-state index contributed by atoms with van der Waals surface area (Å²) in [5.74, 6) is -0.312. The van der Waals surface area contributed by atoms with Gasteiger partial charge in [0.05, 0.1) is 12.6 Å². The summed E-state index contributed by atoms with van der Waals surface area (Å²) in [6.07, 6.45) is 6.77. The van der Waals surface area contributed by atoms with Gasteiger partial charge in [0.1, 0.15) is 0 Å². The highest BCUT2D eigenvalue weighted by molar-refractivity contribution is 5.81.